The summed E-state index contributed by atoms with van der Waals surface area (Å²) in [5, 5.41) is 10.2. The number of nitrogens with one attached hydrogen (secondary N) is 2. The maximum absolute atomic E-state index is 11.8. The molecule has 0 aliphatic heterocycles. The Morgan fingerprint density at radius 2 is 2.37 bits per heavy atom. The summed E-state index contributed by atoms with van der Waals surface area (Å²) < 4.78 is 5.37. The first-order valence-corrected chi connectivity index (χ1v) is 5.91. The zero-order chi connectivity index (χ0) is 13.2. The van der Waals surface area contributed by atoms with Crippen molar-refractivity contribution >= 4 is 34.4 Å². The van der Waals surface area contributed by atoms with Crippen molar-refractivity contribution in [3.8, 4) is 0 Å². The Morgan fingerprint density at radius 1 is 1.47 bits per heavy atom. The predicted molar refractivity (Wildman–Crippen MR) is 69.9 cm³/mol. The van der Waals surface area contributed by atoms with Crippen LogP contribution in [0.3, 0.4) is 0 Å². The van der Waals surface area contributed by atoms with Crippen LogP contribution in [0.2, 0.25) is 5.02 Å². The first-order valence-electron chi connectivity index (χ1n) is 5.53. The van der Waals surface area contributed by atoms with Gasteiger partial charge in [0.25, 0.3) is 0 Å². The van der Waals surface area contributed by atoms with Gasteiger partial charge in [-0.3, -0.25) is 10.1 Å². The lowest BCUT2D eigenvalue weighted by molar-refractivity contribution is -0.115. The minimum atomic E-state index is -0.209. The second-order valence-corrected chi connectivity index (χ2v) is 4.40. The van der Waals surface area contributed by atoms with Gasteiger partial charge in [-0.25, -0.2) is 5.10 Å². The van der Waals surface area contributed by atoms with Gasteiger partial charge in [0.15, 0.2) is 0 Å². The lowest BCUT2D eigenvalue weighted by Crippen LogP contribution is -2.15. The highest BCUT2D eigenvalue weighted by Crippen LogP contribution is 2.25. The molecule has 0 atom stereocenters. The minimum Gasteiger partial charge on any atom is -0.464 e. The number of aromatic amines is 1. The van der Waals surface area contributed by atoms with E-state index in [-0.39, 0.29) is 12.3 Å². The molecule has 2 aromatic heterocycles. The average Bonchev–Trinajstić information content (AvgIpc) is 3.00. The van der Waals surface area contributed by atoms with Crippen LogP contribution in [0.4, 0.5) is 5.95 Å². The molecule has 19 heavy (non-hydrogen) atoms. The molecule has 96 valence electrons. The molecule has 3 rings (SSSR count). The molecule has 0 saturated carbocycles. The number of nitrogens with zero attached hydrogens (tertiary/aromatic N) is 2. The second kappa shape index (κ2) is 4.74. The van der Waals surface area contributed by atoms with E-state index in [0.29, 0.717) is 16.6 Å². The molecular formula is C12H9ClN4O2. The van der Waals surface area contributed by atoms with E-state index in [1.165, 1.54) is 6.33 Å². The standard InChI is InChI=1S/C12H9ClN4O2/c13-8-1-2-10-9(4-8)7(5-19-10)3-11(18)16-12-14-6-15-17-12/h1-2,4-6H,3H2,(H2,14,15,16,17,18). The van der Waals surface area contributed by atoms with Crippen LogP contribution in [-0.4, -0.2) is 21.1 Å². The topological polar surface area (TPSA) is 83.8 Å². The number of halogens is 1. The molecule has 1 aromatic carbocycles. The van der Waals surface area contributed by atoms with Crippen molar-refractivity contribution in [2.24, 2.45) is 0 Å². The normalized spacial score (nSPS) is 10.8. The third kappa shape index (κ3) is 2.43. The van der Waals surface area contributed by atoms with Gasteiger partial charge in [-0.05, 0) is 18.2 Å². The molecule has 1 amide bonds. The SMILES string of the molecule is O=C(Cc1coc2ccc(Cl)cc12)Nc1ncn[nH]1. The Hall–Kier alpha value is -2.34. The Bertz CT molecular complexity index is 720. The molecule has 0 bridgehead atoms. The molecule has 0 radical (unpaired) electrons. The van der Waals surface area contributed by atoms with Crippen LogP contribution in [0.15, 0.2) is 35.2 Å². The third-order valence-corrected chi connectivity index (χ3v) is 2.87. The number of hydrogen-bond acceptors (Lipinski definition) is 4. The summed E-state index contributed by atoms with van der Waals surface area (Å²) in [7, 11) is 0. The molecule has 6 nitrogen and oxygen atoms in total. The smallest absolute Gasteiger partial charge is 0.231 e. The number of rotatable bonds is 3. The van der Waals surface area contributed by atoms with Crippen LogP contribution >= 0.6 is 11.6 Å². The van der Waals surface area contributed by atoms with E-state index in [1.54, 1.807) is 24.5 Å². The van der Waals surface area contributed by atoms with Gasteiger partial charge in [0.2, 0.25) is 11.9 Å². The summed E-state index contributed by atoms with van der Waals surface area (Å²) in [6, 6.07) is 5.29. The van der Waals surface area contributed by atoms with E-state index in [4.69, 9.17) is 16.0 Å². The van der Waals surface area contributed by atoms with Crippen LogP contribution < -0.4 is 5.32 Å². The molecule has 0 saturated heterocycles. The van der Waals surface area contributed by atoms with Crippen molar-refractivity contribution in [3.63, 3.8) is 0 Å². The van der Waals surface area contributed by atoms with E-state index in [2.05, 4.69) is 20.5 Å². The fourth-order valence-corrected chi connectivity index (χ4v) is 1.98. The maximum atomic E-state index is 11.8. The van der Waals surface area contributed by atoms with E-state index in [9.17, 15) is 4.79 Å². The van der Waals surface area contributed by atoms with E-state index >= 15 is 0 Å². The van der Waals surface area contributed by atoms with E-state index in [0.717, 1.165) is 10.9 Å². The fraction of sp³-hybridized carbons (Fsp3) is 0.0833. The van der Waals surface area contributed by atoms with Gasteiger partial charge in [0, 0.05) is 16.0 Å². The number of carbonyl (C=O) groups excluding carboxylic acids is 1. The summed E-state index contributed by atoms with van der Waals surface area (Å²) in [5.41, 5.74) is 1.47. The van der Waals surface area contributed by atoms with Crippen molar-refractivity contribution in [1.82, 2.24) is 15.2 Å². The first kappa shape index (κ1) is 11.7. The van der Waals surface area contributed by atoms with Crippen LogP contribution in [0, 0.1) is 0 Å². The molecule has 0 fully saturated rings. The molecular weight excluding hydrogens is 268 g/mol. The molecule has 0 spiro atoms. The average molecular weight is 277 g/mol. The second-order valence-electron chi connectivity index (χ2n) is 3.96. The summed E-state index contributed by atoms with van der Waals surface area (Å²) in [5.74, 6) is 0.107. The van der Waals surface area contributed by atoms with Gasteiger partial charge < -0.3 is 4.42 Å². The van der Waals surface area contributed by atoms with Crippen LogP contribution in [0.1, 0.15) is 5.56 Å². The number of benzene rings is 1. The monoisotopic (exact) mass is 276 g/mol. The quantitative estimate of drug-likeness (QED) is 0.769. The number of H-pyrrole nitrogens is 1. The first-order chi connectivity index (χ1) is 9.22. The van der Waals surface area contributed by atoms with Crippen molar-refractivity contribution in [3.05, 3.63) is 41.4 Å². The molecule has 0 unspecified atom stereocenters. The van der Waals surface area contributed by atoms with Crippen LogP contribution in [0.25, 0.3) is 11.0 Å². The summed E-state index contributed by atoms with van der Waals surface area (Å²) in [6.45, 7) is 0. The van der Waals surface area contributed by atoms with Crippen molar-refractivity contribution in [2.75, 3.05) is 5.32 Å². The highest BCUT2D eigenvalue weighted by atomic mass is 35.5. The number of fused-ring (bicyclic) bond motifs is 1. The van der Waals surface area contributed by atoms with Crippen LogP contribution in [0.5, 0.6) is 0 Å². The predicted octanol–water partition coefficient (Wildman–Crippen LogP) is 2.39. The Kier molecular flexibility index (Phi) is 2.92. The number of anilines is 1. The molecule has 2 heterocycles. The minimum absolute atomic E-state index is 0.175. The van der Waals surface area contributed by atoms with Crippen molar-refractivity contribution in [2.45, 2.75) is 6.42 Å². The fourth-order valence-electron chi connectivity index (χ4n) is 1.81. The van der Waals surface area contributed by atoms with E-state index < -0.39 is 0 Å². The van der Waals surface area contributed by atoms with Gasteiger partial charge in [-0.1, -0.05) is 11.6 Å². The van der Waals surface area contributed by atoms with Gasteiger partial charge >= 0.3 is 0 Å². The van der Waals surface area contributed by atoms with Crippen LogP contribution in [-0.2, 0) is 11.2 Å². The number of hydrogen-bond donors (Lipinski definition) is 2. The molecule has 3 aromatic rings. The lowest BCUT2D eigenvalue weighted by atomic mass is 10.1. The Labute approximate surface area is 112 Å². The number of amides is 1. The zero-order valence-electron chi connectivity index (χ0n) is 9.68. The summed E-state index contributed by atoms with van der Waals surface area (Å²) in [4.78, 5) is 15.7. The van der Waals surface area contributed by atoms with Gasteiger partial charge in [0.1, 0.15) is 11.9 Å². The summed E-state index contributed by atoms with van der Waals surface area (Å²) >= 11 is 5.93. The van der Waals surface area contributed by atoms with E-state index in [1.807, 2.05) is 0 Å². The van der Waals surface area contributed by atoms with Gasteiger partial charge in [-0.2, -0.15) is 10.1 Å². The third-order valence-electron chi connectivity index (χ3n) is 2.64. The molecule has 0 aliphatic carbocycles. The molecule has 7 heteroatoms. The number of furan rings is 1. The Balaban J connectivity index is 1.81. The van der Waals surface area contributed by atoms with Crippen molar-refractivity contribution < 1.29 is 9.21 Å². The van der Waals surface area contributed by atoms with Gasteiger partial charge in [-0.15, -0.1) is 0 Å². The largest absolute Gasteiger partial charge is 0.464 e. The summed E-state index contributed by atoms with van der Waals surface area (Å²) in [6.07, 6.45) is 3.05. The number of carbonyl (C=O) groups is 1. The van der Waals surface area contributed by atoms with Crippen molar-refractivity contribution in [1.29, 1.82) is 0 Å². The highest BCUT2D eigenvalue weighted by Gasteiger charge is 2.11. The Morgan fingerprint density at radius 3 is 3.16 bits per heavy atom. The molecule has 2 N–H and O–H groups in total. The number of aromatic nitrogens is 3. The molecule has 0 aliphatic rings. The zero-order valence-corrected chi connectivity index (χ0v) is 10.4. The maximum Gasteiger partial charge on any atom is 0.231 e. The highest BCUT2D eigenvalue weighted by molar-refractivity contribution is 6.31. The van der Waals surface area contributed by atoms with Gasteiger partial charge in [0.05, 0.1) is 12.7 Å². The lowest BCUT2D eigenvalue weighted by Gasteiger charge is -2.00.